The average molecular weight is 270 g/mol. The van der Waals surface area contributed by atoms with E-state index in [1.54, 1.807) is 30.1 Å². The molecule has 0 aliphatic heterocycles. The van der Waals surface area contributed by atoms with E-state index in [4.69, 9.17) is 0 Å². The zero-order chi connectivity index (χ0) is 13.8. The lowest BCUT2D eigenvalue weighted by atomic mass is 10.1. The zero-order valence-corrected chi connectivity index (χ0v) is 12.4. The number of nitrogens with zero attached hydrogens (tertiary/aromatic N) is 2. The molecule has 102 valence electrons. The van der Waals surface area contributed by atoms with Crippen LogP contribution in [-0.4, -0.2) is 39.6 Å². The number of thiazole rings is 1. The molecule has 1 heterocycles. The molecule has 0 fully saturated rings. The van der Waals surface area contributed by atoms with E-state index < -0.39 is 5.60 Å². The fourth-order valence-corrected chi connectivity index (χ4v) is 2.45. The Kier molecular flexibility index (Phi) is 5.28. The average Bonchev–Trinajstić information content (AvgIpc) is 2.72. The highest BCUT2D eigenvalue weighted by Crippen LogP contribution is 2.12. The molecule has 1 aromatic heterocycles. The summed E-state index contributed by atoms with van der Waals surface area (Å²) in [6.07, 6.45) is 1.22. The summed E-state index contributed by atoms with van der Waals surface area (Å²) in [7, 11) is 0. The highest BCUT2D eigenvalue weighted by Gasteiger charge is 2.21. The molecule has 5 heteroatoms. The second kappa shape index (κ2) is 6.29. The SMILES string of the molecule is CCc1nc(CC(=O)N(CC)CC(C)(C)O)cs1. The minimum atomic E-state index is -0.859. The maximum Gasteiger partial charge on any atom is 0.228 e. The maximum atomic E-state index is 12.1. The van der Waals surface area contributed by atoms with E-state index in [1.165, 1.54) is 0 Å². The number of hydrogen-bond acceptors (Lipinski definition) is 4. The van der Waals surface area contributed by atoms with Crippen molar-refractivity contribution in [2.45, 2.75) is 46.1 Å². The van der Waals surface area contributed by atoms with Crippen LogP contribution in [0, 0.1) is 0 Å². The first-order valence-corrected chi connectivity index (χ1v) is 7.17. The molecule has 1 amide bonds. The molecule has 0 aliphatic carbocycles. The third-order valence-electron chi connectivity index (χ3n) is 2.55. The predicted molar refractivity (Wildman–Crippen MR) is 73.7 cm³/mol. The number of aliphatic hydroxyl groups is 1. The number of aromatic nitrogens is 1. The molecule has 0 spiro atoms. The third kappa shape index (κ3) is 4.74. The van der Waals surface area contributed by atoms with Gasteiger partial charge in [0.15, 0.2) is 0 Å². The van der Waals surface area contributed by atoms with Crippen molar-refractivity contribution in [3.8, 4) is 0 Å². The molecule has 0 bridgehead atoms. The Balaban J connectivity index is 2.62. The second-order valence-electron chi connectivity index (χ2n) is 4.98. The molecule has 0 unspecified atom stereocenters. The van der Waals surface area contributed by atoms with Gasteiger partial charge in [-0.25, -0.2) is 4.98 Å². The lowest BCUT2D eigenvalue weighted by Gasteiger charge is -2.28. The van der Waals surface area contributed by atoms with E-state index in [9.17, 15) is 9.90 Å². The van der Waals surface area contributed by atoms with Crippen LogP contribution >= 0.6 is 11.3 Å². The molecule has 1 rings (SSSR count). The van der Waals surface area contributed by atoms with E-state index in [0.29, 0.717) is 19.5 Å². The molecule has 0 aliphatic rings. The second-order valence-corrected chi connectivity index (χ2v) is 5.93. The Hall–Kier alpha value is -0.940. The van der Waals surface area contributed by atoms with Crippen molar-refractivity contribution in [1.82, 2.24) is 9.88 Å². The number of carbonyl (C=O) groups excluding carboxylic acids is 1. The highest BCUT2D eigenvalue weighted by molar-refractivity contribution is 7.09. The normalized spacial score (nSPS) is 11.6. The van der Waals surface area contributed by atoms with Crippen molar-refractivity contribution in [2.75, 3.05) is 13.1 Å². The first-order chi connectivity index (χ1) is 8.35. The van der Waals surface area contributed by atoms with Gasteiger partial charge in [0.25, 0.3) is 0 Å². The van der Waals surface area contributed by atoms with Gasteiger partial charge >= 0.3 is 0 Å². The molecular weight excluding hydrogens is 248 g/mol. The van der Waals surface area contributed by atoms with Gasteiger partial charge < -0.3 is 10.0 Å². The lowest BCUT2D eigenvalue weighted by molar-refractivity contribution is -0.133. The summed E-state index contributed by atoms with van der Waals surface area (Å²) < 4.78 is 0. The third-order valence-corrected chi connectivity index (χ3v) is 3.59. The van der Waals surface area contributed by atoms with Crippen molar-refractivity contribution in [3.63, 3.8) is 0 Å². The van der Waals surface area contributed by atoms with Crippen molar-refractivity contribution in [2.24, 2.45) is 0 Å². The van der Waals surface area contributed by atoms with E-state index in [1.807, 2.05) is 12.3 Å². The Morgan fingerprint density at radius 2 is 2.17 bits per heavy atom. The van der Waals surface area contributed by atoms with Gasteiger partial charge in [0, 0.05) is 18.5 Å². The Labute approximate surface area is 113 Å². The molecule has 0 radical (unpaired) electrons. The highest BCUT2D eigenvalue weighted by atomic mass is 32.1. The molecule has 0 aromatic carbocycles. The van der Waals surface area contributed by atoms with Gasteiger partial charge in [0.1, 0.15) is 0 Å². The van der Waals surface area contributed by atoms with Crippen LogP contribution in [0.3, 0.4) is 0 Å². The number of hydrogen-bond donors (Lipinski definition) is 1. The van der Waals surface area contributed by atoms with Crippen molar-refractivity contribution in [1.29, 1.82) is 0 Å². The van der Waals surface area contributed by atoms with Gasteiger partial charge in [-0.2, -0.15) is 0 Å². The van der Waals surface area contributed by atoms with Crippen LogP contribution in [0.2, 0.25) is 0 Å². The quantitative estimate of drug-likeness (QED) is 0.858. The topological polar surface area (TPSA) is 53.4 Å². The van der Waals surface area contributed by atoms with Crippen molar-refractivity contribution >= 4 is 17.2 Å². The van der Waals surface area contributed by atoms with Crippen LogP contribution in [0.15, 0.2) is 5.38 Å². The van der Waals surface area contributed by atoms with E-state index in [2.05, 4.69) is 11.9 Å². The lowest BCUT2D eigenvalue weighted by Crippen LogP contribution is -2.42. The van der Waals surface area contributed by atoms with Crippen LogP contribution in [0.5, 0.6) is 0 Å². The molecule has 0 saturated heterocycles. The first-order valence-electron chi connectivity index (χ1n) is 6.29. The van der Waals surface area contributed by atoms with Crippen LogP contribution in [0.1, 0.15) is 38.4 Å². The summed E-state index contributed by atoms with van der Waals surface area (Å²) in [5, 5.41) is 12.8. The van der Waals surface area contributed by atoms with Gasteiger partial charge in [-0.05, 0) is 27.2 Å². The van der Waals surface area contributed by atoms with Gasteiger partial charge in [-0.3, -0.25) is 4.79 Å². The molecule has 0 saturated carbocycles. The maximum absolute atomic E-state index is 12.1. The number of rotatable bonds is 6. The summed E-state index contributed by atoms with van der Waals surface area (Å²) in [4.78, 5) is 18.2. The van der Waals surface area contributed by atoms with E-state index in [0.717, 1.165) is 17.1 Å². The summed E-state index contributed by atoms with van der Waals surface area (Å²) in [5.41, 5.74) is -0.0291. The van der Waals surface area contributed by atoms with Crippen LogP contribution in [0.25, 0.3) is 0 Å². The fourth-order valence-electron chi connectivity index (χ4n) is 1.70. The first kappa shape index (κ1) is 15.1. The van der Waals surface area contributed by atoms with Crippen molar-refractivity contribution in [3.05, 3.63) is 16.1 Å². The van der Waals surface area contributed by atoms with Crippen molar-refractivity contribution < 1.29 is 9.90 Å². The van der Waals surface area contributed by atoms with E-state index >= 15 is 0 Å². The number of aryl methyl sites for hydroxylation is 1. The van der Waals surface area contributed by atoms with Crippen LogP contribution < -0.4 is 0 Å². The van der Waals surface area contributed by atoms with E-state index in [-0.39, 0.29) is 5.91 Å². The molecule has 4 nitrogen and oxygen atoms in total. The molecular formula is C13H22N2O2S. The summed E-state index contributed by atoms with van der Waals surface area (Å²) in [5.74, 6) is 0.0209. The standard InChI is InChI=1S/C13H22N2O2S/c1-5-11-14-10(8-18-11)7-12(16)15(6-2)9-13(3,4)17/h8,17H,5-7,9H2,1-4H3. The van der Waals surface area contributed by atoms with Crippen LogP contribution in [0.4, 0.5) is 0 Å². The molecule has 1 N–H and O–H groups in total. The molecule has 1 aromatic rings. The number of carbonyl (C=O) groups is 1. The van der Waals surface area contributed by atoms with Gasteiger partial charge in [0.05, 0.1) is 22.7 Å². The summed E-state index contributed by atoms with van der Waals surface area (Å²) in [6, 6.07) is 0. The predicted octanol–water partition coefficient (Wildman–Crippen LogP) is 1.87. The zero-order valence-electron chi connectivity index (χ0n) is 11.6. The largest absolute Gasteiger partial charge is 0.389 e. The Bertz CT molecular complexity index is 396. The van der Waals surface area contributed by atoms with Gasteiger partial charge in [0.2, 0.25) is 5.91 Å². The number of likely N-dealkylation sites (N-methyl/N-ethyl adjacent to an activating group) is 1. The number of amides is 1. The summed E-state index contributed by atoms with van der Waals surface area (Å²) in [6.45, 7) is 8.35. The Morgan fingerprint density at radius 1 is 1.50 bits per heavy atom. The van der Waals surface area contributed by atoms with Gasteiger partial charge in [-0.1, -0.05) is 6.92 Å². The minimum Gasteiger partial charge on any atom is -0.389 e. The minimum absolute atomic E-state index is 0.0209. The smallest absolute Gasteiger partial charge is 0.228 e. The monoisotopic (exact) mass is 270 g/mol. The Morgan fingerprint density at radius 3 is 2.61 bits per heavy atom. The molecule has 0 atom stereocenters. The van der Waals surface area contributed by atoms with Crippen LogP contribution in [-0.2, 0) is 17.6 Å². The fraction of sp³-hybridized carbons (Fsp3) is 0.692. The molecule has 18 heavy (non-hydrogen) atoms. The summed E-state index contributed by atoms with van der Waals surface area (Å²) >= 11 is 1.59. The van der Waals surface area contributed by atoms with Gasteiger partial charge in [-0.15, -0.1) is 11.3 Å².